The summed E-state index contributed by atoms with van der Waals surface area (Å²) < 4.78 is 1.65. The van der Waals surface area contributed by atoms with E-state index in [0.29, 0.717) is 11.7 Å². The van der Waals surface area contributed by atoms with E-state index >= 15 is 0 Å². The predicted molar refractivity (Wildman–Crippen MR) is 83.1 cm³/mol. The van der Waals surface area contributed by atoms with Crippen LogP contribution in [0.1, 0.15) is 36.7 Å². The minimum atomic E-state index is 0.0868. The average Bonchev–Trinajstić information content (AvgIpc) is 2.76. The van der Waals surface area contributed by atoms with Crippen molar-refractivity contribution >= 4 is 5.91 Å². The minimum absolute atomic E-state index is 0.0868. The molecule has 2 N–H and O–H groups in total. The highest BCUT2D eigenvalue weighted by atomic mass is 16.2. The molecule has 1 amide bonds. The van der Waals surface area contributed by atoms with Gasteiger partial charge in [0, 0.05) is 45.5 Å². The molecule has 6 nitrogen and oxygen atoms in total. The molecule has 1 atom stereocenters. The van der Waals surface area contributed by atoms with Crippen LogP contribution in [-0.2, 0) is 7.05 Å². The maximum atomic E-state index is 12.5. The molecule has 1 aliphatic heterocycles. The Balaban J connectivity index is 1.97. The SMILES string of the molecule is CCC(CCN)N1CCCN(C(=O)c2ccnn2C)CC1. The largest absolute Gasteiger partial charge is 0.336 e. The summed E-state index contributed by atoms with van der Waals surface area (Å²) in [6, 6.07) is 2.33. The molecule has 0 spiro atoms. The van der Waals surface area contributed by atoms with Crippen molar-refractivity contribution in [1.82, 2.24) is 19.6 Å². The molecular formula is C15H27N5O. The highest BCUT2D eigenvalue weighted by Gasteiger charge is 2.24. The Bertz CT molecular complexity index is 459. The quantitative estimate of drug-likeness (QED) is 0.867. The van der Waals surface area contributed by atoms with Crippen LogP contribution in [-0.4, -0.2) is 64.3 Å². The standard InChI is InChI=1S/C15H27N5O/c1-3-13(5-7-16)19-9-4-10-20(12-11-19)15(21)14-6-8-17-18(14)2/h6,8,13H,3-5,7,9-12,16H2,1-2H3. The van der Waals surface area contributed by atoms with Gasteiger partial charge in [-0.25, -0.2) is 0 Å². The van der Waals surface area contributed by atoms with Gasteiger partial charge in [0.2, 0.25) is 0 Å². The van der Waals surface area contributed by atoms with Gasteiger partial charge in [0.25, 0.3) is 5.91 Å². The van der Waals surface area contributed by atoms with Gasteiger partial charge in [-0.2, -0.15) is 5.10 Å². The van der Waals surface area contributed by atoms with E-state index in [-0.39, 0.29) is 5.91 Å². The summed E-state index contributed by atoms with van der Waals surface area (Å²) in [5.41, 5.74) is 6.37. The molecular weight excluding hydrogens is 266 g/mol. The number of nitrogens with two attached hydrogens (primary N) is 1. The van der Waals surface area contributed by atoms with Crippen LogP contribution in [0.5, 0.6) is 0 Å². The Morgan fingerprint density at radius 2 is 2.19 bits per heavy atom. The number of nitrogens with zero attached hydrogens (tertiary/aromatic N) is 4. The molecule has 1 unspecified atom stereocenters. The molecule has 1 saturated heterocycles. The van der Waals surface area contributed by atoms with E-state index in [1.165, 1.54) is 0 Å². The highest BCUT2D eigenvalue weighted by Crippen LogP contribution is 2.14. The lowest BCUT2D eigenvalue weighted by molar-refractivity contribution is 0.0746. The normalized spacial score (nSPS) is 18.5. The Morgan fingerprint density at radius 3 is 2.81 bits per heavy atom. The molecule has 118 valence electrons. The molecule has 2 rings (SSSR count). The molecule has 0 saturated carbocycles. The van der Waals surface area contributed by atoms with Crippen LogP contribution in [0, 0.1) is 0 Å². The van der Waals surface area contributed by atoms with E-state index in [9.17, 15) is 4.79 Å². The first-order valence-electron chi connectivity index (χ1n) is 7.88. The van der Waals surface area contributed by atoms with Crippen LogP contribution < -0.4 is 5.73 Å². The third-order valence-electron chi connectivity index (χ3n) is 4.35. The van der Waals surface area contributed by atoms with Crippen molar-refractivity contribution in [3.05, 3.63) is 18.0 Å². The van der Waals surface area contributed by atoms with E-state index in [1.54, 1.807) is 16.9 Å². The maximum Gasteiger partial charge on any atom is 0.272 e. The third-order valence-corrected chi connectivity index (χ3v) is 4.35. The second-order valence-corrected chi connectivity index (χ2v) is 5.66. The summed E-state index contributed by atoms with van der Waals surface area (Å²) in [5.74, 6) is 0.0868. The first-order valence-corrected chi connectivity index (χ1v) is 7.88. The number of hydrogen-bond acceptors (Lipinski definition) is 4. The van der Waals surface area contributed by atoms with Gasteiger partial charge >= 0.3 is 0 Å². The lowest BCUT2D eigenvalue weighted by Gasteiger charge is -2.29. The van der Waals surface area contributed by atoms with Crippen LogP contribution in [0.2, 0.25) is 0 Å². The number of carbonyl (C=O) groups excluding carboxylic acids is 1. The average molecular weight is 293 g/mol. The number of hydrogen-bond donors (Lipinski definition) is 1. The fraction of sp³-hybridized carbons (Fsp3) is 0.733. The fourth-order valence-corrected chi connectivity index (χ4v) is 3.09. The van der Waals surface area contributed by atoms with Crippen molar-refractivity contribution in [2.45, 2.75) is 32.2 Å². The highest BCUT2D eigenvalue weighted by molar-refractivity contribution is 5.92. The summed E-state index contributed by atoms with van der Waals surface area (Å²) in [6.45, 7) is 6.52. The monoisotopic (exact) mass is 293 g/mol. The Kier molecular flexibility index (Phi) is 5.76. The van der Waals surface area contributed by atoms with Gasteiger partial charge in [-0.3, -0.25) is 14.4 Å². The van der Waals surface area contributed by atoms with Gasteiger partial charge in [-0.05, 0) is 31.9 Å². The van der Waals surface area contributed by atoms with Crippen LogP contribution in [0.15, 0.2) is 12.3 Å². The van der Waals surface area contributed by atoms with Gasteiger partial charge < -0.3 is 10.6 Å². The molecule has 0 aromatic carbocycles. The van der Waals surface area contributed by atoms with Gasteiger partial charge in [-0.1, -0.05) is 6.92 Å². The number of aryl methyl sites for hydroxylation is 1. The zero-order chi connectivity index (χ0) is 15.2. The van der Waals surface area contributed by atoms with E-state index in [2.05, 4.69) is 16.9 Å². The van der Waals surface area contributed by atoms with E-state index < -0.39 is 0 Å². The summed E-state index contributed by atoms with van der Waals surface area (Å²) in [6.07, 6.45) is 4.84. The van der Waals surface area contributed by atoms with Crippen molar-refractivity contribution in [2.75, 3.05) is 32.7 Å². The molecule has 1 aromatic heterocycles. The Labute approximate surface area is 126 Å². The van der Waals surface area contributed by atoms with Crippen LogP contribution in [0.25, 0.3) is 0 Å². The van der Waals surface area contributed by atoms with E-state index in [0.717, 1.165) is 52.0 Å². The lowest BCUT2D eigenvalue weighted by atomic mass is 10.1. The van der Waals surface area contributed by atoms with Crippen molar-refractivity contribution in [3.63, 3.8) is 0 Å². The van der Waals surface area contributed by atoms with Crippen LogP contribution in [0.3, 0.4) is 0 Å². The molecule has 1 aromatic rings. The number of aromatic nitrogens is 2. The zero-order valence-corrected chi connectivity index (χ0v) is 13.2. The molecule has 0 bridgehead atoms. The Hall–Kier alpha value is -1.40. The van der Waals surface area contributed by atoms with Crippen LogP contribution in [0.4, 0.5) is 0 Å². The minimum Gasteiger partial charge on any atom is -0.336 e. The molecule has 0 radical (unpaired) electrons. The van der Waals surface area contributed by atoms with E-state index in [4.69, 9.17) is 5.73 Å². The predicted octanol–water partition coefficient (Wildman–Crippen LogP) is 0.695. The lowest BCUT2D eigenvalue weighted by Crippen LogP contribution is -2.40. The molecule has 1 aliphatic rings. The van der Waals surface area contributed by atoms with Crippen molar-refractivity contribution in [1.29, 1.82) is 0 Å². The molecule has 1 fully saturated rings. The second-order valence-electron chi connectivity index (χ2n) is 5.66. The van der Waals surface area contributed by atoms with E-state index in [1.807, 2.05) is 11.9 Å². The first-order chi connectivity index (χ1) is 10.2. The number of amides is 1. The van der Waals surface area contributed by atoms with Gasteiger partial charge in [0.15, 0.2) is 0 Å². The molecule has 6 heteroatoms. The second kappa shape index (κ2) is 7.56. The summed E-state index contributed by atoms with van der Waals surface area (Å²) in [5, 5.41) is 4.08. The fourth-order valence-electron chi connectivity index (χ4n) is 3.09. The summed E-state index contributed by atoms with van der Waals surface area (Å²) in [7, 11) is 1.81. The van der Waals surface area contributed by atoms with Crippen molar-refractivity contribution in [3.8, 4) is 0 Å². The molecule has 21 heavy (non-hydrogen) atoms. The number of rotatable bonds is 5. The van der Waals surface area contributed by atoms with Crippen molar-refractivity contribution in [2.24, 2.45) is 12.8 Å². The van der Waals surface area contributed by atoms with Gasteiger partial charge in [-0.15, -0.1) is 0 Å². The maximum absolute atomic E-state index is 12.5. The zero-order valence-electron chi connectivity index (χ0n) is 13.2. The van der Waals surface area contributed by atoms with Gasteiger partial charge in [0.05, 0.1) is 0 Å². The molecule has 2 heterocycles. The summed E-state index contributed by atoms with van der Waals surface area (Å²) in [4.78, 5) is 17.0. The summed E-state index contributed by atoms with van der Waals surface area (Å²) >= 11 is 0. The third kappa shape index (κ3) is 3.83. The van der Waals surface area contributed by atoms with Crippen molar-refractivity contribution < 1.29 is 4.79 Å². The van der Waals surface area contributed by atoms with Crippen LogP contribution >= 0.6 is 0 Å². The smallest absolute Gasteiger partial charge is 0.272 e. The Morgan fingerprint density at radius 1 is 1.38 bits per heavy atom. The first kappa shape index (κ1) is 16.0. The van der Waals surface area contributed by atoms with Gasteiger partial charge in [0.1, 0.15) is 5.69 Å². The number of carbonyl (C=O) groups is 1. The molecule has 0 aliphatic carbocycles. The topological polar surface area (TPSA) is 67.4 Å².